The Labute approximate surface area is 132 Å². The summed E-state index contributed by atoms with van der Waals surface area (Å²) >= 11 is 1.48. The van der Waals surface area contributed by atoms with Crippen LogP contribution >= 0.6 is 11.3 Å². The van der Waals surface area contributed by atoms with E-state index in [0.717, 1.165) is 16.2 Å². The number of hydrogen-bond acceptors (Lipinski definition) is 4. The molecule has 0 saturated carbocycles. The van der Waals surface area contributed by atoms with Gasteiger partial charge in [0.2, 0.25) is 5.89 Å². The first-order valence-corrected chi connectivity index (χ1v) is 7.56. The Morgan fingerprint density at radius 1 is 1.35 bits per heavy atom. The fraction of sp³-hybridized carbons (Fsp3) is 0.200. The van der Waals surface area contributed by atoms with Gasteiger partial charge < -0.3 is 8.98 Å². The van der Waals surface area contributed by atoms with Gasteiger partial charge in [0.1, 0.15) is 17.0 Å². The predicted octanol–water partition coefficient (Wildman–Crippen LogP) is 3.94. The Hall–Kier alpha value is -2.35. The lowest BCUT2D eigenvalue weighted by atomic mass is 10.2. The summed E-state index contributed by atoms with van der Waals surface area (Å²) in [7, 11) is 0. The Bertz CT molecular complexity index is 879. The Morgan fingerprint density at radius 3 is 2.78 bits per heavy atom. The maximum Gasteiger partial charge on any atom is 0.421 e. The molecule has 4 nitrogen and oxygen atoms in total. The molecule has 0 aromatic carbocycles. The number of aryl methyl sites for hydroxylation is 1. The number of thiophene rings is 1. The topological polar surface area (TPSA) is 48.0 Å². The van der Waals surface area contributed by atoms with Crippen molar-refractivity contribution in [1.29, 1.82) is 0 Å². The van der Waals surface area contributed by atoms with Crippen molar-refractivity contribution < 1.29 is 17.6 Å². The first-order valence-electron chi connectivity index (χ1n) is 6.62. The van der Waals surface area contributed by atoms with Gasteiger partial charge in [0, 0.05) is 17.1 Å². The first-order chi connectivity index (χ1) is 10.9. The van der Waals surface area contributed by atoms with Crippen molar-refractivity contribution in [2.24, 2.45) is 0 Å². The highest BCUT2D eigenvalue weighted by Gasteiger charge is 2.34. The molecule has 23 heavy (non-hydrogen) atoms. The van der Waals surface area contributed by atoms with E-state index in [2.05, 4.69) is 4.98 Å². The molecular weight excluding hydrogens is 329 g/mol. The molecule has 120 valence electrons. The van der Waals surface area contributed by atoms with Gasteiger partial charge in [0.15, 0.2) is 0 Å². The van der Waals surface area contributed by atoms with Gasteiger partial charge in [-0.2, -0.15) is 24.5 Å². The Balaban J connectivity index is 1.96. The largest absolute Gasteiger partial charge is 0.441 e. The molecule has 3 heterocycles. The second-order valence-electron chi connectivity index (χ2n) is 4.89. The molecule has 3 aromatic rings. The second kappa shape index (κ2) is 5.69. The van der Waals surface area contributed by atoms with E-state index in [9.17, 15) is 18.0 Å². The number of pyridine rings is 1. The zero-order valence-electron chi connectivity index (χ0n) is 11.9. The third kappa shape index (κ3) is 3.07. The van der Waals surface area contributed by atoms with E-state index in [1.165, 1.54) is 23.6 Å². The minimum Gasteiger partial charge on any atom is -0.441 e. The molecule has 0 amide bonds. The fourth-order valence-electron chi connectivity index (χ4n) is 2.12. The maximum absolute atomic E-state index is 12.8. The van der Waals surface area contributed by atoms with Crippen molar-refractivity contribution in [3.63, 3.8) is 0 Å². The predicted molar refractivity (Wildman–Crippen MR) is 79.4 cm³/mol. The molecule has 0 aliphatic carbocycles. The van der Waals surface area contributed by atoms with Gasteiger partial charge in [-0.1, -0.05) is 0 Å². The number of rotatable bonds is 3. The third-order valence-corrected chi connectivity index (χ3v) is 3.99. The number of halogens is 3. The van der Waals surface area contributed by atoms with E-state index in [1.807, 2.05) is 16.8 Å². The second-order valence-corrected chi connectivity index (χ2v) is 5.67. The minimum atomic E-state index is -4.68. The monoisotopic (exact) mass is 340 g/mol. The van der Waals surface area contributed by atoms with Crippen molar-refractivity contribution >= 4 is 11.3 Å². The van der Waals surface area contributed by atoms with Crippen LogP contribution in [0.3, 0.4) is 0 Å². The van der Waals surface area contributed by atoms with Gasteiger partial charge in [0.25, 0.3) is 5.56 Å². The van der Waals surface area contributed by atoms with E-state index in [1.54, 1.807) is 6.92 Å². The van der Waals surface area contributed by atoms with Crippen LogP contribution in [0.1, 0.15) is 17.0 Å². The molecule has 0 fully saturated rings. The van der Waals surface area contributed by atoms with Gasteiger partial charge >= 0.3 is 6.18 Å². The minimum absolute atomic E-state index is 0.0811. The van der Waals surface area contributed by atoms with Gasteiger partial charge in [-0.05, 0) is 30.5 Å². The van der Waals surface area contributed by atoms with Gasteiger partial charge in [0.05, 0.1) is 6.54 Å². The van der Waals surface area contributed by atoms with Crippen LogP contribution in [0.25, 0.3) is 11.5 Å². The smallest absolute Gasteiger partial charge is 0.421 e. The van der Waals surface area contributed by atoms with Crippen molar-refractivity contribution in [3.05, 3.63) is 62.5 Å². The molecule has 0 bridgehead atoms. The van der Waals surface area contributed by atoms with Crippen LogP contribution < -0.4 is 5.56 Å². The lowest BCUT2D eigenvalue weighted by Gasteiger charge is -2.09. The average Bonchev–Trinajstić information content (AvgIpc) is 3.10. The quantitative estimate of drug-likeness (QED) is 0.725. The van der Waals surface area contributed by atoms with E-state index in [-0.39, 0.29) is 6.54 Å². The van der Waals surface area contributed by atoms with Crippen molar-refractivity contribution in [2.75, 3.05) is 0 Å². The van der Waals surface area contributed by atoms with Gasteiger partial charge in [-0.15, -0.1) is 0 Å². The molecular formula is C15H11F3N2O2S. The van der Waals surface area contributed by atoms with Crippen LogP contribution in [0.4, 0.5) is 13.2 Å². The number of aromatic nitrogens is 2. The van der Waals surface area contributed by atoms with Crippen LogP contribution in [-0.4, -0.2) is 9.55 Å². The van der Waals surface area contributed by atoms with Crippen molar-refractivity contribution in [2.45, 2.75) is 19.6 Å². The maximum atomic E-state index is 12.8. The molecule has 3 aromatic heterocycles. The molecule has 0 spiro atoms. The van der Waals surface area contributed by atoms with Crippen LogP contribution in [0, 0.1) is 6.92 Å². The van der Waals surface area contributed by atoms with E-state index in [0.29, 0.717) is 17.3 Å². The van der Waals surface area contributed by atoms with Gasteiger partial charge in [-0.25, -0.2) is 4.98 Å². The molecule has 3 rings (SSSR count). The normalized spacial score (nSPS) is 11.8. The average molecular weight is 340 g/mol. The zero-order valence-corrected chi connectivity index (χ0v) is 12.7. The van der Waals surface area contributed by atoms with Gasteiger partial charge in [-0.3, -0.25) is 4.79 Å². The third-order valence-electron chi connectivity index (χ3n) is 3.31. The molecule has 0 atom stereocenters. The summed E-state index contributed by atoms with van der Waals surface area (Å²) in [5, 5.41) is 3.72. The summed E-state index contributed by atoms with van der Waals surface area (Å²) in [5.41, 5.74) is -1.08. The molecule has 0 saturated heterocycles. The molecule has 0 unspecified atom stereocenters. The molecule has 0 radical (unpaired) electrons. The Morgan fingerprint density at radius 2 is 2.13 bits per heavy atom. The lowest BCUT2D eigenvalue weighted by molar-refractivity contribution is -0.138. The van der Waals surface area contributed by atoms with Crippen LogP contribution in [0.2, 0.25) is 0 Å². The van der Waals surface area contributed by atoms with E-state index >= 15 is 0 Å². The summed E-state index contributed by atoms with van der Waals surface area (Å²) in [4.78, 5) is 16.2. The molecule has 0 aliphatic rings. The summed E-state index contributed by atoms with van der Waals surface area (Å²) in [6.45, 7) is 1.58. The SMILES string of the molecule is Cc1oc(-c2ccsc2)nc1Cn1cccc(C(F)(F)F)c1=O. The van der Waals surface area contributed by atoms with Crippen molar-refractivity contribution in [3.8, 4) is 11.5 Å². The van der Waals surface area contributed by atoms with Crippen LogP contribution in [-0.2, 0) is 12.7 Å². The Kier molecular flexibility index (Phi) is 3.85. The highest BCUT2D eigenvalue weighted by atomic mass is 32.1. The molecule has 0 N–H and O–H groups in total. The summed E-state index contributed by atoms with van der Waals surface area (Å²) in [6, 6.07) is 3.79. The highest BCUT2D eigenvalue weighted by Crippen LogP contribution is 2.27. The van der Waals surface area contributed by atoms with Crippen LogP contribution in [0.5, 0.6) is 0 Å². The number of hydrogen-bond donors (Lipinski definition) is 0. The number of nitrogens with zero attached hydrogens (tertiary/aromatic N) is 2. The molecule has 0 aliphatic heterocycles. The standard InChI is InChI=1S/C15H11F3N2O2S/c1-9-12(19-13(22-9)10-4-6-23-8-10)7-20-5-2-3-11(14(20)21)15(16,17)18/h2-6,8H,7H2,1H3. The summed E-state index contributed by atoms with van der Waals surface area (Å²) in [5.74, 6) is 0.856. The fourth-order valence-corrected chi connectivity index (χ4v) is 2.75. The number of alkyl halides is 3. The van der Waals surface area contributed by atoms with E-state index < -0.39 is 17.3 Å². The van der Waals surface area contributed by atoms with Crippen molar-refractivity contribution in [1.82, 2.24) is 9.55 Å². The summed E-state index contributed by atoms with van der Waals surface area (Å²) in [6.07, 6.45) is -3.38. The number of oxazole rings is 1. The zero-order chi connectivity index (χ0) is 16.6. The highest BCUT2D eigenvalue weighted by molar-refractivity contribution is 7.08. The van der Waals surface area contributed by atoms with E-state index in [4.69, 9.17) is 4.42 Å². The lowest BCUT2D eigenvalue weighted by Crippen LogP contribution is -2.28. The molecule has 8 heteroatoms. The first kappa shape index (κ1) is 15.5. The van der Waals surface area contributed by atoms with Crippen LogP contribution in [0.15, 0.2) is 44.4 Å². The summed E-state index contributed by atoms with van der Waals surface area (Å²) < 4.78 is 44.9.